The van der Waals surface area contributed by atoms with E-state index in [-0.39, 0.29) is 18.1 Å². The molecule has 2 saturated heterocycles. The lowest BCUT2D eigenvalue weighted by atomic mass is 9.69. The van der Waals surface area contributed by atoms with Crippen molar-refractivity contribution in [3.8, 4) is 0 Å². The van der Waals surface area contributed by atoms with Crippen LogP contribution in [-0.2, 0) is 10.0 Å². The maximum atomic E-state index is 13.0. The number of likely N-dealkylation sites (N-methyl/N-ethyl adjacent to an activating group) is 1. The number of sulfonamides is 1. The van der Waals surface area contributed by atoms with Crippen LogP contribution in [0.15, 0.2) is 34.1 Å². The lowest BCUT2D eigenvalue weighted by Gasteiger charge is -2.53. The van der Waals surface area contributed by atoms with Gasteiger partial charge in [-0.25, -0.2) is 8.42 Å². The first-order valence-corrected chi connectivity index (χ1v) is 11.0. The molecule has 0 unspecified atom stereocenters. The molecule has 0 saturated carbocycles. The lowest BCUT2D eigenvalue weighted by molar-refractivity contribution is -0.0508. The van der Waals surface area contributed by atoms with Crippen molar-refractivity contribution in [3.05, 3.63) is 24.3 Å². The van der Waals surface area contributed by atoms with Crippen LogP contribution in [-0.4, -0.2) is 68.3 Å². The van der Waals surface area contributed by atoms with Crippen molar-refractivity contribution < 1.29 is 13.5 Å². The summed E-state index contributed by atoms with van der Waals surface area (Å²) in [5.74, 6) is 0. The molecule has 0 radical (unpaired) electrons. The number of benzene rings is 1. The molecule has 2 fully saturated rings. The van der Waals surface area contributed by atoms with Crippen LogP contribution in [0.1, 0.15) is 19.3 Å². The van der Waals surface area contributed by atoms with Crippen molar-refractivity contribution >= 4 is 21.8 Å². The molecule has 2 aliphatic rings. The summed E-state index contributed by atoms with van der Waals surface area (Å²) in [6, 6.07) is 7.18. The number of piperidine rings is 2. The van der Waals surface area contributed by atoms with Gasteiger partial charge in [-0.05, 0) is 63.4 Å². The third-order valence-corrected chi connectivity index (χ3v) is 8.30. The quantitative estimate of drug-likeness (QED) is 0.820. The molecular weight excluding hydrogens is 344 g/mol. The number of nitrogens with zero attached hydrogens (tertiary/aromatic N) is 2. The summed E-state index contributed by atoms with van der Waals surface area (Å²) in [5, 5.41) is 9.96. The average molecular weight is 371 g/mol. The highest BCUT2D eigenvalue weighted by atomic mass is 32.2. The zero-order valence-electron chi connectivity index (χ0n) is 14.3. The number of rotatable bonds is 4. The normalized spacial score (nSPS) is 29.4. The van der Waals surface area contributed by atoms with Crippen molar-refractivity contribution in [1.29, 1.82) is 0 Å². The summed E-state index contributed by atoms with van der Waals surface area (Å²) in [7, 11) is -1.44. The zero-order valence-corrected chi connectivity index (χ0v) is 15.9. The van der Waals surface area contributed by atoms with Gasteiger partial charge >= 0.3 is 0 Å². The molecule has 2 heterocycles. The monoisotopic (exact) mass is 370 g/mol. The molecule has 0 spiro atoms. The first-order valence-electron chi connectivity index (χ1n) is 8.38. The maximum Gasteiger partial charge on any atom is 0.243 e. The Balaban J connectivity index is 1.84. The Bertz CT molecular complexity index is 678. The molecule has 134 valence electrons. The Kier molecular flexibility index (Phi) is 5.28. The fraction of sp³-hybridized carbons (Fsp3) is 0.647. The van der Waals surface area contributed by atoms with Gasteiger partial charge in [0.25, 0.3) is 0 Å². The number of hydrogen-bond acceptors (Lipinski definition) is 5. The van der Waals surface area contributed by atoms with Crippen molar-refractivity contribution in [2.45, 2.75) is 35.1 Å². The van der Waals surface area contributed by atoms with E-state index in [1.165, 1.54) is 0 Å². The smallest absolute Gasteiger partial charge is 0.243 e. The minimum Gasteiger partial charge on any atom is -0.396 e. The maximum absolute atomic E-state index is 13.0. The average Bonchev–Trinajstić information content (AvgIpc) is 2.61. The number of fused-ring (bicyclic) bond motifs is 1. The van der Waals surface area contributed by atoms with E-state index in [2.05, 4.69) is 4.90 Å². The van der Waals surface area contributed by atoms with Crippen LogP contribution in [0.25, 0.3) is 0 Å². The van der Waals surface area contributed by atoms with Gasteiger partial charge in [-0.2, -0.15) is 4.31 Å². The first-order chi connectivity index (χ1) is 11.4. The molecule has 1 aromatic rings. The van der Waals surface area contributed by atoms with Gasteiger partial charge in [0.1, 0.15) is 0 Å². The number of aliphatic hydroxyl groups is 1. The second-order valence-electron chi connectivity index (χ2n) is 6.91. The number of likely N-dealkylation sites (tertiary alicyclic amines) is 1. The van der Waals surface area contributed by atoms with E-state index >= 15 is 0 Å². The zero-order chi connectivity index (χ0) is 17.4. The Morgan fingerprint density at radius 3 is 2.58 bits per heavy atom. The van der Waals surface area contributed by atoms with Crippen molar-refractivity contribution in [3.63, 3.8) is 0 Å². The van der Waals surface area contributed by atoms with Crippen molar-refractivity contribution in [2.75, 3.05) is 39.5 Å². The molecule has 3 rings (SSSR count). The minimum absolute atomic E-state index is 0.0882. The lowest BCUT2D eigenvalue weighted by Crippen LogP contribution is -2.62. The Morgan fingerprint density at radius 2 is 1.96 bits per heavy atom. The van der Waals surface area contributed by atoms with Gasteiger partial charge in [0.05, 0.1) is 11.5 Å². The van der Waals surface area contributed by atoms with Crippen LogP contribution < -0.4 is 0 Å². The fourth-order valence-corrected chi connectivity index (χ4v) is 5.96. The van der Waals surface area contributed by atoms with Gasteiger partial charge < -0.3 is 10.0 Å². The Hall–Kier alpha value is -0.600. The van der Waals surface area contributed by atoms with Crippen LogP contribution in [0.3, 0.4) is 0 Å². The highest BCUT2D eigenvalue weighted by Gasteiger charge is 2.48. The van der Waals surface area contributed by atoms with Gasteiger partial charge in [0.15, 0.2) is 0 Å². The molecule has 24 heavy (non-hydrogen) atoms. The molecule has 1 aromatic carbocycles. The minimum atomic E-state index is -3.48. The summed E-state index contributed by atoms with van der Waals surface area (Å²) in [6.45, 7) is 2.04. The number of thioether (sulfide) groups is 1. The summed E-state index contributed by atoms with van der Waals surface area (Å²) < 4.78 is 27.6. The molecule has 0 bridgehead atoms. The molecule has 1 N–H and O–H groups in total. The van der Waals surface area contributed by atoms with E-state index in [0.717, 1.165) is 30.7 Å². The number of aliphatic hydroxyl groups excluding tert-OH is 1. The second kappa shape index (κ2) is 6.96. The van der Waals surface area contributed by atoms with E-state index in [0.29, 0.717) is 18.0 Å². The van der Waals surface area contributed by atoms with Gasteiger partial charge in [0.2, 0.25) is 10.0 Å². The van der Waals surface area contributed by atoms with Crippen molar-refractivity contribution in [2.24, 2.45) is 5.41 Å². The predicted molar refractivity (Wildman–Crippen MR) is 96.8 cm³/mol. The van der Waals surface area contributed by atoms with E-state index in [1.54, 1.807) is 28.2 Å². The molecule has 7 heteroatoms. The first kappa shape index (κ1) is 18.2. The van der Waals surface area contributed by atoms with Gasteiger partial charge in [-0.15, -0.1) is 11.8 Å². The van der Waals surface area contributed by atoms with E-state index in [1.807, 2.05) is 25.4 Å². The largest absolute Gasteiger partial charge is 0.396 e. The highest BCUT2D eigenvalue weighted by molar-refractivity contribution is 7.98. The molecule has 2 aliphatic heterocycles. The highest BCUT2D eigenvalue weighted by Crippen LogP contribution is 2.42. The van der Waals surface area contributed by atoms with Crippen LogP contribution in [0.4, 0.5) is 0 Å². The molecule has 0 aliphatic carbocycles. The SMILES string of the molecule is CSc1ccc(S(=O)(=O)N2CC[C@@]3(CO)CCCN(C)[C@@H]3C2)cc1. The van der Waals surface area contributed by atoms with Gasteiger partial charge in [0, 0.05) is 29.4 Å². The third kappa shape index (κ3) is 3.12. The van der Waals surface area contributed by atoms with Crippen LogP contribution >= 0.6 is 11.8 Å². The Morgan fingerprint density at radius 1 is 1.25 bits per heavy atom. The summed E-state index contributed by atoms with van der Waals surface area (Å²) in [6.07, 6.45) is 4.74. The van der Waals surface area contributed by atoms with E-state index in [9.17, 15) is 13.5 Å². The van der Waals surface area contributed by atoms with Crippen LogP contribution in [0, 0.1) is 5.41 Å². The van der Waals surface area contributed by atoms with Crippen LogP contribution in [0.2, 0.25) is 0 Å². The molecule has 0 amide bonds. The number of hydrogen-bond donors (Lipinski definition) is 1. The molecule has 5 nitrogen and oxygen atoms in total. The second-order valence-corrected chi connectivity index (χ2v) is 9.73. The van der Waals surface area contributed by atoms with Crippen molar-refractivity contribution in [1.82, 2.24) is 9.21 Å². The fourth-order valence-electron chi connectivity index (χ4n) is 4.11. The van der Waals surface area contributed by atoms with Gasteiger partial charge in [-0.3, -0.25) is 0 Å². The molecular formula is C17H26N2O3S2. The summed E-state index contributed by atoms with van der Waals surface area (Å²) in [5.41, 5.74) is -0.151. The predicted octanol–water partition coefficient (Wildman–Crippen LogP) is 1.88. The van der Waals surface area contributed by atoms with Gasteiger partial charge in [-0.1, -0.05) is 0 Å². The summed E-state index contributed by atoms with van der Waals surface area (Å²) >= 11 is 1.60. The molecule has 0 aromatic heterocycles. The standard InChI is InChI=1S/C17H26N2O3S2/c1-18-10-3-8-17(13-20)9-11-19(12-16(17)18)24(21,22)15-6-4-14(23-2)5-7-15/h4-7,16,20H,3,8-13H2,1-2H3/t16-,17-/m1/s1. The summed E-state index contributed by atoms with van der Waals surface area (Å²) in [4.78, 5) is 3.63. The Labute approximate surface area is 149 Å². The topological polar surface area (TPSA) is 60.9 Å². The molecule has 2 atom stereocenters. The van der Waals surface area contributed by atoms with E-state index < -0.39 is 10.0 Å². The van der Waals surface area contributed by atoms with E-state index in [4.69, 9.17) is 0 Å². The van der Waals surface area contributed by atoms with Crippen LogP contribution in [0.5, 0.6) is 0 Å². The third-order valence-electron chi connectivity index (χ3n) is 5.67.